The van der Waals surface area contributed by atoms with E-state index < -0.39 is 8.07 Å². The molecule has 1 aliphatic heterocycles. The van der Waals surface area contributed by atoms with Crippen molar-refractivity contribution in [3.63, 3.8) is 0 Å². The van der Waals surface area contributed by atoms with Crippen LogP contribution in [0.2, 0.25) is 19.6 Å². The molecule has 0 aliphatic carbocycles. The number of benzene rings is 1. The lowest BCUT2D eigenvalue weighted by Gasteiger charge is -2.33. The Bertz CT molecular complexity index is 586. The minimum absolute atomic E-state index is 0.0545. The number of hydrogen-bond donors (Lipinski definition) is 0. The molecule has 22 heavy (non-hydrogen) atoms. The lowest BCUT2D eigenvalue weighted by Crippen LogP contribution is -2.47. The van der Waals surface area contributed by atoms with Crippen LogP contribution in [-0.4, -0.2) is 35.5 Å². The second-order valence-corrected chi connectivity index (χ2v) is 12.3. The Morgan fingerprint density at radius 1 is 1.18 bits per heavy atom. The fraction of sp³-hybridized carbons (Fsp3) is 0.529. The molecule has 0 bridgehead atoms. The molecule has 0 atom stereocenters. The maximum Gasteiger partial charge on any atom is 0.497 e. The highest BCUT2D eigenvalue weighted by atomic mass is 28.3. The van der Waals surface area contributed by atoms with Crippen LogP contribution in [-0.2, 0) is 9.31 Å². The normalized spacial score (nSPS) is 17.6. The van der Waals surface area contributed by atoms with E-state index in [0.29, 0.717) is 13.2 Å². The summed E-state index contributed by atoms with van der Waals surface area (Å²) in [6, 6.07) is 5.95. The van der Waals surface area contributed by atoms with Gasteiger partial charge < -0.3 is 14.0 Å². The minimum atomic E-state index is -1.39. The Balaban J connectivity index is 2.27. The van der Waals surface area contributed by atoms with Crippen molar-refractivity contribution in [1.82, 2.24) is 0 Å². The molecular formula is C17H25BO3Si. The van der Waals surface area contributed by atoms with Crippen molar-refractivity contribution in [3.8, 4) is 17.2 Å². The molecule has 1 aliphatic rings. The molecule has 5 heteroatoms. The van der Waals surface area contributed by atoms with Gasteiger partial charge in [0.2, 0.25) is 0 Å². The van der Waals surface area contributed by atoms with Crippen LogP contribution in [0.1, 0.15) is 19.4 Å². The molecule has 1 fully saturated rings. The highest BCUT2D eigenvalue weighted by Crippen LogP contribution is 2.23. The molecule has 0 radical (unpaired) electrons. The molecular weight excluding hydrogens is 291 g/mol. The third-order valence-corrected chi connectivity index (χ3v) is 4.19. The lowest BCUT2D eigenvalue weighted by atomic mass is 9.74. The molecule has 0 N–H and O–H groups in total. The van der Waals surface area contributed by atoms with E-state index in [0.717, 1.165) is 16.8 Å². The van der Waals surface area contributed by atoms with Crippen LogP contribution in [0.3, 0.4) is 0 Å². The number of methoxy groups -OCH3 is 1. The number of ether oxygens (including phenoxy) is 1. The highest BCUT2D eigenvalue weighted by Gasteiger charge is 2.35. The molecule has 118 valence electrons. The summed E-state index contributed by atoms with van der Waals surface area (Å²) in [6.45, 7) is 12.3. The topological polar surface area (TPSA) is 27.7 Å². The molecule has 0 aromatic heterocycles. The molecule has 0 saturated carbocycles. The third-order valence-electron chi connectivity index (χ3n) is 3.32. The van der Waals surface area contributed by atoms with Crippen molar-refractivity contribution in [2.24, 2.45) is 5.41 Å². The van der Waals surface area contributed by atoms with Gasteiger partial charge in [-0.2, -0.15) is 0 Å². The summed E-state index contributed by atoms with van der Waals surface area (Å²) >= 11 is 0. The van der Waals surface area contributed by atoms with Crippen LogP contribution in [0.15, 0.2) is 18.2 Å². The van der Waals surface area contributed by atoms with Gasteiger partial charge in [-0.3, -0.25) is 0 Å². The zero-order valence-electron chi connectivity index (χ0n) is 14.4. The largest absolute Gasteiger partial charge is 0.497 e. The Morgan fingerprint density at radius 2 is 1.82 bits per heavy atom. The Hall–Kier alpha value is -1.22. The second kappa shape index (κ2) is 6.49. The van der Waals surface area contributed by atoms with Gasteiger partial charge in [-0.1, -0.05) is 39.4 Å². The van der Waals surface area contributed by atoms with Crippen molar-refractivity contribution in [3.05, 3.63) is 23.8 Å². The van der Waals surface area contributed by atoms with Crippen molar-refractivity contribution in [2.45, 2.75) is 33.5 Å². The van der Waals surface area contributed by atoms with E-state index in [4.69, 9.17) is 14.0 Å². The lowest BCUT2D eigenvalue weighted by molar-refractivity contribution is 0.0341. The Morgan fingerprint density at radius 3 is 2.36 bits per heavy atom. The SMILES string of the molecule is COc1ccc(C#C[Si](C)(C)C)cc1B1OCC(C)(C)CO1. The van der Waals surface area contributed by atoms with Crippen LogP contribution in [0.5, 0.6) is 5.75 Å². The molecule has 0 spiro atoms. The predicted octanol–water partition coefficient (Wildman–Crippen LogP) is 2.69. The fourth-order valence-corrected chi connectivity index (χ4v) is 2.65. The summed E-state index contributed by atoms with van der Waals surface area (Å²) in [5.41, 5.74) is 5.34. The van der Waals surface area contributed by atoms with E-state index in [1.165, 1.54) is 0 Å². The van der Waals surface area contributed by atoms with E-state index in [9.17, 15) is 0 Å². The summed E-state index contributed by atoms with van der Waals surface area (Å²) < 4.78 is 17.2. The maximum absolute atomic E-state index is 5.88. The molecule has 3 nitrogen and oxygen atoms in total. The summed E-state index contributed by atoms with van der Waals surface area (Å²) in [5.74, 6) is 4.06. The minimum Gasteiger partial charge on any atom is -0.497 e. The van der Waals surface area contributed by atoms with Crippen LogP contribution in [0.4, 0.5) is 0 Å². The molecule has 0 amide bonds. The van der Waals surface area contributed by atoms with Crippen molar-refractivity contribution in [2.75, 3.05) is 20.3 Å². The first-order valence-electron chi connectivity index (χ1n) is 7.64. The van der Waals surface area contributed by atoms with Gasteiger partial charge in [-0.25, -0.2) is 0 Å². The van der Waals surface area contributed by atoms with E-state index in [2.05, 4.69) is 45.0 Å². The van der Waals surface area contributed by atoms with E-state index in [1.54, 1.807) is 7.11 Å². The Labute approximate surface area is 135 Å². The first-order valence-corrected chi connectivity index (χ1v) is 11.1. The average Bonchev–Trinajstić information content (AvgIpc) is 2.44. The van der Waals surface area contributed by atoms with Crippen LogP contribution < -0.4 is 10.2 Å². The summed E-state index contributed by atoms with van der Waals surface area (Å²) in [6.07, 6.45) is 0. The number of hydrogen-bond acceptors (Lipinski definition) is 3. The summed E-state index contributed by atoms with van der Waals surface area (Å²) in [7, 11) is -0.105. The standard InChI is InChI=1S/C17H25BO3Si/c1-17(2)12-20-18(21-13-17)15-11-14(7-8-16(15)19-3)9-10-22(4,5)6/h7-8,11H,12-13H2,1-6H3. The number of rotatable bonds is 2. The van der Waals surface area contributed by atoms with Gasteiger partial charge in [0, 0.05) is 29.7 Å². The van der Waals surface area contributed by atoms with E-state index in [1.807, 2.05) is 18.2 Å². The van der Waals surface area contributed by atoms with E-state index in [-0.39, 0.29) is 12.5 Å². The quantitative estimate of drug-likeness (QED) is 0.620. The Kier molecular flexibility index (Phi) is 5.06. The first-order chi connectivity index (χ1) is 10.2. The zero-order valence-corrected chi connectivity index (χ0v) is 15.4. The van der Waals surface area contributed by atoms with Crippen molar-refractivity contribution in [1.29, 1.82) is 0 Å². The van der Waals surface area contributed by atoms with Gasteiger partial charge in [-0.05, 0) is 18.2 Å². The van der Waals surface area contributed by atoms with Crippen LogP contribution in [0, 0.1) is 16.9 Å². The summed E-state index contributed by atoms with van der Waals surface area (Å²) in [5, 5.41) is 0. The summed E-state index contributed by atoms with van der Waals surface area (Å²) in [4.78, 5) is 0. The van der Waals surface area contributed by atoms with Crippen molar-refractivity contribution >= 4 is 20.7 Å². The molecule has 2 rings (SSSR count). The molecule has 1 saturated heterocycles. The van der Waals surface area contributed by atoms with Gasteiger partial charge in [0.1, 0.15) is 13.8 Å². The van der Waals surface area contributed by atoms with Gasteiger partial charge in [0.25, 0.3) is 0 Å². The molecule has 1 aromatic carbocycles. The maximum atomic E-state index is 5.88. The highest BCUT2D eigenvalue weighted by molar-refractivity contribution is 6.83. The second-order valence-electron chi connectivity index (χ2n) is 7.57. The molecule has 1 heterocycles. The average molecular weight is 316 g/mol. The molecule has 1 aromatic rings. The van der Waals surface area contributed by atoms with Crippen LogP contribution >= 0.6 is 0 Å². The third kappa shape index (κ3) is 4.64. The monoisotopic (exact) mass is 316 g/mol. The van der Waals surface area contributed by atoms with Gasteiger partial charge in [0.15, 0.2) is 0 Å². The zero-order chi connectivity index (χ0) is 16.4. The van der Waals surface area contributed by atoms with Crippen LogP contribution in [0.25, 0.3) is 0 Å². The smallest absolute Gasteiger partial charge is 0.497 e. The van der Waals surface area contributed by atoms with Gasteiger partial charge in [0.05, 0.1) is 7.11 Å². The van der Waals surface area contributed by atoms with E-state index >= 15 is 0 Å². The van der Waals surface area contributed by atoms with Crippen molar-refractivity contribution < 1.29 is 14.0 Å². The molecule has 0 unspecified atom stereocenters. The predicted molar refractivity (Wildman–Crippen MR) is 94.3 cm³/mol. The first kappa shape index (κ1) is 17.1. The van der Waals surface area contributed by atoms with Gasteiger partial charge in [-0.15, -0.1) is 5.54 Å². The van der Waals surface area contributed by atoms with Gasteiger partial charge >= 0.3 is 7.12 Å². The fourth-order valence-electron chi connectivity index (χ4n) is 2.13.